The van der Waals surface area contributed by atoms with Crippen molar-refractivity contribution < 1.29 is 19.2 Å². The molecule has 0 atom stereocenters. The van der Waals surface area contributed by atoms with Crippen LogP contribution < -0.4 is 0 Å². The number of carbonyl (C=O) groups is 4. The summed E-state index contributed by atoms with van der Waals surface area (Å²) in [5, 5.41) is 0. The van der Waals surface area contributed by atoms with Gasteiger partial charge in [0.15, 0.2) is 5.78 Å². The number of amides is 2. The van der Waals surface area contributed by atoms with Crippen molar-refractivity contribution in [2.45, 2.75) is 82.7 Å². The summed E-state index contributed by atoms with van der Waals surface area (Å²) in [5.74, 6) is 0.0854. The number of carbonyl (C=O) groups excluding carboxylic acids is 4. The minimum Gasteiger partial charge on any atom is -0.383 e. The van der Waals surface area contributed by atoms with E-state index >= 15 is 0 Å². The molecule has 2 aliphatic carbocycles. The van der Waals surface area contributed by atoms with Crippen molar-refractivity contribution in [3.8, 4) is 0 Å². The van der Waals surface area contributed by atoms with Gasteiger partial charge in [-0.1, -0.05) is 25.7 Å². The van der Waals surface area contributed by atoms with Crippen LogP contribution in [-0.4, -0.2) is 77.3 Å². The quantitative estimate of drug-likeness (QED) is 0.400. The second-order valence-corrected chi connectivity index (χ2v) is 9.11. The zero-order valence-corrected chi connectivity index (χ0v) is 18.4. The lowest BCUT2D eigenvalue weighted by atomic mass is 10.0. The maximum absolute atomic E-state index is 12.3. The molecule has 2 amide bonds. The number of hydrogen-bond donors (Lipinski definition) is 0. The fourth-order valence-electron chi connectivity index (χ4n) is 5.01. The van der Waals surface area contributed by atoms with E-state index in [4.69, 9.17) is 0 Å². The van der Waals surface area contributed by atoms with Crippen molar-refractivity contribution in [3.63, 3.8) is 0 Å². The Balaban J connectivity index is 0.000000177. The van der Waals surface area contributed by atoms with Crippen molar-refractivity contribution in [2.75, 3.05) is 27.2 Å². The maximum atomic E-state index is 12.3. The summed E-state index contributed by atoms with van der Waals surface area (Å²) in [6.45, 7) is 1.27. The van der Waals surface area contributed by atoms with Crippen LogP contribution in [0.25, 0.3) is 0 Å². The number of likely N-dealkylation sites (tertiary alicyclic amines) is 2. The average Bonchev–Trinajstić information content (AvgIpc) is 3.39. The maximum Gasteiger partial charge on any atom is 0.259 e. The zero-order chi connectivity index (χ0) is 21.7. The van der Waals surface area contributed by atoms with Crippen LogP contribution in [0.5, 0.6) is 0 Å². The molecule has 4 aliphatic rings. The largest absolute Gasteiger partial charge is 0.383 e. The summed E-state index contributed by atoms with van der Waals surface area (Å²) in [6, 6.07) is 0.807. The molecule has 0 unspecified atom stereocenters. The molecule has 0 aromatic heterocycles. The first-order chi connectivity index (χ1) is 14.4. The molecule has 2 saturated carbocycles. The molecular formula is C23H35N3O4. The van der Waals surface area contributed by atoms with Gasteiger partial charge in [0.25, 0.3) is 5.91 Å². The van der Waals surface area contributed by atoms with Gasteiger partial charge in [-0.3, -0.25) is 19.2 Å². The van der Waals surface area contributed by atoms with Crippen molar-refractivity contribution in [2.24, 2.45) is 0 Å². The van der Waals surface area contributed by atoms with E-state index in [2.05, 4.69) is 0 Å². The van der Waals surface area contributed by atoms with Crippen LogP contribution in [0.3, 0.4) is 0 Å². The van der Waals surface area contributed by atoms with Gasteiger partial charge in [-0.25, -0.2) is 0 Å². The lowest BCUT2D eigenvalue weighted by Crippen LogP contribution is -2.46. The highest BCUT2D eigenvalue weighted by atomic mass is 16.2. The fraction of sp³-hybridized carbons (Fsp3) is 0.739. The van der Waals surface area contributed by atoms with E-state index < -0.39 is 0 Å². The predicted octanol–water partition coefficient (Wildman–Crippen LogP) is 2.30. The molecule has 2 heterocycles. The fourth-order valence-corrected chi connectivity index (χ4v) is 5.01. The molecule has 7 heteroatoms. The Morgan fingerprint density at radius 3 is 1.87 bits per heavy atom. The lowest BCUT2D eigenvalue weighted by molar-refractivity contribution is -0.141. The second-order valence-electron chi connectivity index (χ2n) is 9.11. The van der Waals surface area contributed by atoms with Gasteiger partial charge in [-0.05, 0) is 25.7 Å². The highest BCUT2D eigenvalue weighted by Crippen LogP contribution is 2.28. The van der Waals surface area contributed by atoms with Crippen LogP contribution in [0, 0.1) is 0 Å². The summed E-state index contributed by atoms with van der Waals surface area (Å²) in [4.78, 5) is 52.1. The Bertz CT molecular complexity index is 703. The second kappa shape index (κ2) is 10.2. The zero-order valence-electron chi connectivity index (χ0n) is 18.4. The van der Waals surface area contributed by atoms with Crippen molar-refractivity contribution >= 4 is 23.4 Å². The van der Waals surface area contributed by atoms with Crippen LogP contribution in [0.15, 0.2) is 11.8 Å². The van der Waals surface area contributed by atoms with Crippen LogP contribution in [0.4, 0.5) is 0 Å². The molecule has 0 spiro atoms. The van der Waals surface area contributed by atoms with Crippen LogP contribution in [0.1, 0.15) is 70.6 Å². The van der Waals surface area contributed by atoms with Gasteiger partial charge in [0.05, 0.1) is 12.0 Å². The van der Waals surface area contributed by atoms with E-state index in [9.17, 15) is 19.2 Å². The first-order valence-corrected chi connectivity index (χ1v) is 11.4. The summed E-state index contributed by atoms with van der Waals surface area (Å²) in [5.41, 5.74) is 0.355. The van der Waals surface area contributed by atoms with E-state index in [-0.39, 0.29) is 29.8 Å². The smallest absolute Gasteiger partial charge is 0.259 e. The molecule has 2 aliphatic heterocycles. The molecular weight excluding hydrogens is 382 g/mol. The molecule has 30 heavy (non-hydrogen) atoms. The highest BCUT2D eigenvalue weighted by molar-refractivity contribution is 6.20. The van der Waals surface area contributed by atoms with E-state index in [1.165, 1.54) is 25.7 Å². The van der Waals surface area contributed by atoms with Gasteiger partial charge in [0.1, 0.15) is 5.78 Å². The third-order valence-corrected chi connectivity index (χ3v) is 6.59. The van der Waals surface area contributed by atoms with Crippen LogP contribution >= 0.6 is 0 Å². The third kappa shape index (κ3) is 5.49. The first kappa shape index (κ1) is 22.5. The van der Waals surface area contributed by atoms with E-state index in [0.29, 0.717) is 43.6 Å². The summed E-state index contributed by atoms with van der Waals surface area (Å²) in [7, 11) is 3.67. The van der Waals surface area contributed by atoms with Gasteiger partial charge in [-0.15, -0.1) is 0 Å². The molecule has 166 valence electrons. The molecule has 2 saturated heterocycles. The SMILES string of the molecule is CN(C)/C=C1\C(=O)CCN(C2CCCC2)C1=O.O=C1CCN(C2CCCC2)C(=O)C1. The molecule has 0 bridgehead atoms. The van der Waals surface area contributed by atoms with Gasteiger partial charge >= 0.3 is 0 Å². The van der Waals surface area contributed by atoms with Gasteiger partial charge in [0, 0.05) is 58.3 Å². The van der Waals surface area contributed by atoms with Gasteiger partial charge in [0.2, 0.25) is 5.91 Å². The minimum absolute atomic E-state index is 0.0158. The highest BCUT2D eigenvalue weighted by Gasteiger charge is 2.35. The first-order valence-electron chi connectivity index (χ1n) is 11.4. The standard InChI is InChI=1S/C13H20N2O2.C10H15NO2/c1-14(2)9-11-12(16)7-8-15(13(11)17)10-5-3-4-6-10;12-9-5-6-11(10(13)7-9)8-3-1-2-4-8/h9-10H,3-8H2,1-2H3;8H,1-7H2/b11-9+;. The summed E-state index contributed by atoms with van der Waals surface area (Å²) >= 11 is 0. The van der Waals surface area contributed by atoms with Gasteiger partial charge < -0.3 is 14.7 Å². The molecule has 7 nitrogen and oxygen atoms in total. The molecule has 0 radical (unpaired) electrons. The minimum atomic E-state index is -0.0677. The average molecular weight is 418 g/mol. The predicted molar refractivity (Wildman–Crippen MR) is 114 cm³/mol. The van der Waals surface area contributed by atoms with E-state index in [1.54, 1.807) is 11.1 Å². The Kier molecular flexibility index (Phi) is 7.67. The van der Waals surface area contributed by atoms with Crippen molar-refractivity contribution in [1.29, 1.82) is 0 Å². The Morgan fingerprint density at radius 1 is 0.800 bits per heavy atom. The Hall–Kier alpha value is -2.18. The van der Waals surface area contributed by atoms with Crippen LogP contribution in [-0.2, 0) is 19.2 Å². The van der Waals surface area contributed by atoms with Crippen molar-refractivity contribution in [1.82, 2.24) is 14.7 Å². The molecule has 4 fully saturated rings. The van der Waals surface area contributed by atoms with Crippen molar-refractivity contribution in [3.05, 3.63) is 11.8 Å². The number of Topliss-reactive ketones (excluding diaryl/α,β-unsaturated/α-hetero) is 2. The number of ketones is 2. The topological polar surface area (TPSA) is 78.0 Å². The Labute approximate surface area is 179 Å². The summed E-state index contributed by atoms with van der Waals surface area (Å²) in [6.07, 6.45) is 12.2. The lowest BCUT2D eigenvalue weighted by Gasteiger charge is -2.33. The number of hydrogen-bond acceptors (Lipinski definition) is 5. The normalized spacial score (nSPS) is 25.2. The monoisotopic (exact) mass is 417 g/mol. The molecule has 0 aromatic rings. The van der Waals surface area contributed by atoms with Gasteiger partial charge in [-0.2, -0.15) is 0 Å². The number of nitrogens with zero attached hydrogens (tertiary/aromatic N) is 3. The summed E-state index contributed by atoms with van der Waals surface area (Å²) < 4.78 is 0. The number of rotatable bonds is 3. The third-order valence-electron chi connectivity index (χ3n) is 6.59. The molecule has 4 rings (SSSR count). The van der Waals surface area contributed by atoms with E-state index in [1.807, 2.05) is 23.9 Å². The van der Waals surface area contributed by atoms with Crippen LogP contribution in [0.2, 0.25) is 0 Å². The molecule has 0 aromatic carbocycles. The number of piperidine rings is 2. The Morgan fingerprint density at radius 2 is 1.33 bits per heavy atom. The van der Waals surface area contributed by atoms with E-state index in [0.717, 1.165) is 25.7 Å². The molecule has 0 N–H and O–H groups in total.